The molecule has 100 valence electrons. The molecule has 2 aromatic rings. The minimum absolute atomic E-state index is 0.135. The third-order valence-electron chi connectivity index (χ3n) is 2.68. The summed E-state index contributed by atoms with van der Waals surface area (Å²) in [6.07, 6.45) is 2.74. The first-order chi connectivity index (χ1) is 9.11. The number of aryl methyl sites for hydroxylation is 1. The zero-order valence-electron chi connectivity index (χ0n) is 10.5. The molecule has 0 radical (unpaired) electrons. The summed E-state index contributed by atoms with van der Waals surface area (Å²) in [4.78, 5) is 12.3. The van der Waals surface area contributed by atoms with Crippen LogP contribution in [0, 0.1) is 3.57 Å². The molecular weight excluding hydrogens is 375 g/mol. The van der Waals surface area contributed by atoms with Crippen molar-refractivity contribution in [3.63, 3.8) is 0 Å². The highest BCUT2D eigenvalue weighted by atomic mass is 127. The predicted octanol–water partition coefficient (Wildman–Crippen LogP) is 4.41. The molecule has 0 spiro atoms. The summed E-state index contributed by atoms with van der Waals surface area (Å²) < 4.78 is 2.89. The molecule has 2 rings (SSSR count). The van der Waals surface area contributed by atoms with E-state index in [0.717, 1.165) is 22.2 Å². The van der Waals surface area contributed by atoms with E-state index in [1.54, 1.807) is 12.3 Å². The maximum Gasteiger partial charge on any atom is 0.272 e. The Morgan fingerprint density at radius 2 is 2.16 bits per heavy atom. The van der Waals surface area contributed by atoms with Gasteiger partial charge in [0, 0.05) is 16.3 Å². The normalized spacial score (nSPS) is 10.5. The number of carbonyl (C=O) groups excluding carboxylic acids is 1. The second-order valence-electron chi connectivity index (χ2n) is 4.17. The third-order valence-corrected chi connectivity index (χ3v) is 3.83. The fourth-order valence-electron chi connectivity index (χ4n) is 1.84. The van der Waals surface area contributed by atoms with Crippen LogP contribution >= 0.6 is 34.2 Å². The fraction of sp³-hybridized carbons (Fsp3) is 0.214. The Morgan fingerprint density at radius 1 is 1.42 bits per heavy atom. The van der Waals surface area contributed by atoms with Crippen LogP contribution in [-0.4, -0.2) is 10.5 Å². The van der Waals surface area contributed by atoms with Gasteiger partial charge in [-0.05, 0) is 47.2 Å². The van der Waals surface area contributed by atoms with Gasteiger partial charge in [0.2, 0.25) is 0 Å². The van der Waals surface area contributed by atoms with E-state index >= 15 is 0 Å². The van der Waals surface area contributed by atoms with Crippen molar-refractivity contribution in [3.8, 4) is 0 Å². The van der Waals surface area contributed by atoms with Crippen LogP contribution in [0.2, 0.25) is 5.02 Å². The number of amides is 1. The highest BCUT2D eigenvalue weighted by molar-refractivity contribution is 14.1. The van der Waals surface area contributed by atoms with Crippen molar-refractivity contribution in [2.45, 2.75) is 19.9 Å². The fourth-order valence-corrected chi connectivity index (χ4v) is 2.58. The molecule has 0 fully saturated rings. The average molecular weight is 389 g/mol. The van der Waals surface area contributed by atoms with Crippen molar-refractivity contribution in [2.24, 2.45) is 0 Å². The van der Waals surface area contributed by atoms with Crippen molar-refractivity contribution in [2.75, 3.05) is 5.32 Å². The number of nitrogens with zero attached hydrogens (tertiary/aromatic N) is 1. The Morgan fingerprint density at radius 3 is 2.84 bits per heavy atom. The lowest BCUT2D eigenvalue weighted by Crippen LogP contribution is -2.17. The monoisotopic (exact) mass is 388 g/mol. The lowest BCUT2D eigenvalue weighted by Gasteiger charge is -2.09. The van der Waals surface area contributed by atoms with Gasteiger partial charge in [0.05, 0.1) is 10.7 Å². The van der Waals surface area contributed by atoms with Gasteiger partial charge in [-0.2, -0.15) is 0 Å². The minimum Gasteiger partial charge on any atom is -0.342 e. The van der Waals surface area contributed by atoms with Crippen molar-refractivity contribution in [1.29, 1.82) is 0 Å². The first-order valence-corrected chi connectivity index (χ1v) is 7.49. The molecule has 1 amide bonds. The lowest BCUT2D eigenvalue weighted by molar-refractivity contribution is 0.101. The molecular formula is C14H14ClIN2O. The molecule has 0 aliphatic carbocycles. The first kappa shape index (κ1) is 14.4. The topological polar surface area (TPSA) is 34.0 Å². The molecule has 5 heteroatoms. The molecule has 0 bridgehead atoms. The lowest BCUT2D eigenvalue weighted by atomic mass is 10.3. The molecule has 0 unspecified atom stereocenters. The van der Waals surface area contributed by atoms with Crippen molar-refractivity contribution >= 4 is 45.8 Å². The summed E-state index contributed by atoms with van der Waals surface area (Å²) in [6.45, 7) is 2.84. The van der Waals surface area contributed by atoms with E-state index in [1.165, 1.54) is 0 Å². The summed E-state index contributed by atoms with van der Waals surface area (Å²) in [5.41, 5.74) is 1.40. The van der Waals surface area contributed by atoms with Gasteiger partial charge in [-0.25, -0.2) is 0 Å². The molecule has 0 saturated carbocycles. The Balaban J connectivity index is 2.23. The van der Waals surface area contributed by atoms with E-state index in [2.05, 4.69) is 34.8 Å². The first-order valence-electron chi connectivity index (χ1n) is 6.03. The molecule has 1 heterocycles. The standard InChI is InChI=1S/C14H14ClIN2O/c1-2-7-18-9-10(15)8-13(18)14(19)17-12-6-4-3-5-11(12)16/h3-6,8-9H,2,7H2,1H3,(H,17,19). The molecule has 0 aliphatic rings. The zero-order valence-corrected chi connectivity index (χ0v) is 13.4. The molecule has 0 saturated heterocycles. The highest BCUT2D eigenvalue weighted by Gasteiger charge is 2.13. The molecule has 1 aromatic carbocycles. The number of nitrogens with one attached hydrogen (secondary N) is 1. The number of benzene rings is 1. The van der Waals surface area contributed by atoms with E-state index in [9.17, 15) is 4.79 Å². The SMILES string of the molecule is CCCn1cc(Cl)cc1C(=O)Nc1ccccc1I. The molecule has 19 heavy (non-hydrogen) atoms. The largest absolute Gasteiger partial charge is 0.342 e. The number of halogens is 2. The number of anilines is 1. The van der Waals surface area contributed by atoms with Crippen molar-refractivity contribution in [3.05, 3.63) is 50.8 Å². The van der Waals surface area contributed by atoms with E-state index in [4.69, 9.17) is 11.6 Å². The summed E-state index contributed by atoms with van der Waals surface area (Å²) in [7, 11) is 0. The van der Waals surface area contributed by atoms with Crippen LogP contribution in [0.5, 0.6) is 0 Å². The van der Waals surface area contributed by atoms with E-state index in [0.29, 0.717) is 10.7 Å². The Labute approximate surface area is 131 Å². The average Bonchev–Trinajstić information content (AvgIpc) is 2.74. The second-order valence-corrected chi connectivity index (χ2v) is 5.77. The maximum atomic E-state index is 12.3. The van der Waals surface area contributed by atoms with Crippen LogP contribution in [0.25, 0.3) is 0 Å². The summed E-state index contributed by atoms with van der Waals surface area (Å²) >= 11 is 8.17. The van der Waals surface area contributed by atoms with Crippen LogP contribution in [-0.2, 0) is 6.54 Å². The highest BCUT2D eigenvalue weighted by Crippen LogP contribution is 2.20. The number of hydrogen-bond donors (Lipinski definition) is 1. The molecule has 0 aliphatic heterocycles. The minimum atomic E-state index is -0.135. The van der Waals surface area contributed by atoms with Crippen LogP contribution in [0.4, 0.5) is 5.69 Å². The van der Waals surface area contributed by atoms with Crippen molar-refractivity contribution in [1.82, 2.24) is 4.57 Å². The van der Waals surface area contributed by atoms with E-state index in [-0.39, 0.29) is 5.91 Å². The Bertz CT molecular complexity index is 595. The number of carbonyl (C=O) groups is 1. The summed E-state index contributed by atoms with van der Waals surface area (Å²) in [5, 5.41) is 3.50. The van der Waals surface area contributed by atoms with Gasteiger partial charge in [0.1, 0.15) is 5.69 Å². The maximum absolute atomic E-state index is 12.3. The Kier molecular flexibility index (Phi) is 4.87. The molecule has 1 N–H and O–H groups in total. The van der Waals surface area contributed by atoms with Gasteiger partial charge in [0.25, 0.3) is 5.91 Å². The summed E-state index contributed by atoms with van der Waals surface area (Å²) in [5.74, 6) is -0.135. The van der Waals surface area contributed by atoms with E-state index in [1.807, 2.05) is 28.8 Å². The van der Waals surface area contributed by atoms with Gasteiger partial charge < -0.3 is 9.88 Å². The third kappa shape index (κ3) is 3.51. The van der Waals surface area contributed by atoms with Crippen LogP contribution < -0.4 is 5.32 Å². The quantitative estimate of drug-likeness (QED) is 0.774. The van der Waals surface area contributed by atoms with Crippen LogP contribution in [0.1, 0.15) is 23.8 Å². The van der Waals surface area contributed by atoms with Crippen LogP contribution in [0.15, 0.2) is 36.5 Å². The number of aromatic nitrogens is 1. The van der Waals surface area contributed by atoms with Gasteiger partial charge in [-0.15, -0.1) is 0 Å². The zero-order chi connectivity index (χ0) is 13.8. The smallest absolute Gasteiger partial charge is 0.272 e. The van der Waals surface area contributed by atoms with E-state index < -0.39 is 0 Å². The van der Waals surface area contributed by atoms with Gasteiger partial charge in [0.15, 0.2) is 0 Å². The number of rotatable bonds is 4. The molecule has 0 atom stereocenters. The summed E-state index contributed by atoms with van der Waals surface area (Å²) in [6, 6.07) is 9.37. The molecule has 3 nitrogen and oxygen atoms in total. The molecule has 1 aromatic heterocycles. The number of para-hydroxylation sites is 1. The second kappa shape index (κ2) is 6.43. The van der Waals surface area contributed by atoms with Gasteiger partial charge in [-0.3, -0.25) is 4.79 Å². The van der Waals surface area contributed by atoms with Crippen molar-refractivity contribution < 1.29 is 4.79 Å². The van der Waals surface area contributed by atoms with Crippen LogP contribution in [0.3, 0.4) is 0 Å². The predicted molar refractivity (Wildman–Crippen MR) is 86.8 cm³/mol. The van der Waals surface area contributed by atoms with Gasteiger partial charge in [-0.1, -0.05) is 30.7 Å². The Hall–Kier alpha value is -1.01. The van der Waals surface area contributed by atoms with Gasteiger partial charge >= 0.3 is 0 Å². The number of hydrogen-bond acceptors (Lipinski definition) is 1.